The van der Waals surface area contributed by atoms with Gasteiger partial charge in [-0.05, 0) is 6.42 Å². The van der Waals surface area contributed by atoms with Gasteiger partial charge in [0.15, 0.2) is 0 Å². The summed E-state index contributed by atoms with van der Waals surface area (Å²) in [5, 5.41) is 0. The van der Waals surface area contributed by atoms with Crippen LogP contribution in [0.1, 0.15) is 26.2 Å². The van der Waals surface area contributed by atoms with Crippen molar-refractivity contribution in [2.75, 3.05) is 0 Å². The van der Waals surface area contributed by atoms with Gasteiger partial charge in [0.05, 0.1) is 0 Å². The SMILES string of the molecule is C1=CCC=C1.CCC[CH2][Na]. The van der Waals surface area contributed by atoms with Crippen molar-refractivity contribution in [1.82, 2.24) is 0 Å². The van der Waals surface area contributed by atoms with Crippen molar-refractivity contribution in [1.29, 1.82) is 0 Å². The Morgan fingerprint density at radius 1 is 1.30 bits per heavy atom. The van der Waals surface area contributed by atoms with E-state index < -0.39 is 0 Å². The van der Waals surface area contributed by atoms with E-state index in [-0.39, 0.29) is 0 Å². The van der Waals surface area contributed by atoms with Gasteiger partial charge in [-0.3, -0.25) is 0 Å². The molecule has 0 aliphatic heterocycles. The van der Waals surface area contributed by atoms with E-state index in [1.165, 1.54) is 44.4 Å². The molecule has 0 radical (unpaired) electrons. The van der Waals surface area contributed by atoms with Gasteiger partial charge in [-0.2, -0.15) is 0 Å². The number of unbranched alkanes of at least 4 members (excludes halogenated alkanes) is 1. The molecule has 10 heavy (non-hydrogen) atoms. The topological polar surface area (TPSA) is 0 Å². The van der Waals surface area contributed by atoms with E-state index in [0.29, 0.717) is 0 Å². The first-order valence-corrected chi connectivity index (χ1v) is 5.64. The van der Waals surface area contributed by atoms with E-state index >= 15 is 0 Å². The Bertz CT molecular complexity index is 91.3. The van der Waals surface area contributed by atoms with Crippen LogP contribution >= 0.6 is 0 Å². The molecule has 0 aromatic rings. The molecule has 1 rings (SSSR count). The van der Waals surface area contributed by atoms with Crippen molar-refractivity contribution in [2.45, 2.75) is 29.9 Å². The third-order valence-corrected chi connectivity index (χ3v) is 2.07. The van der Waals surface area contributed by atoms with Gasteiger partial charge in [-0.15, -0.1) is 0 Å². The van der Waals surface area contributed by atoms with Gasteiger partial charge in [0.1, 0.15) is 0 Å². The van der Waals surface area contributed by atoms with Crippen molar-refractivity contribution in [3.63, 3.8) is 0 Å². The van der Waals surface area contributed by atoms with Crippen molar-refractivity contribution in [3.8, 4) is 0 Å². The molecule has 1 aliphatic carbocycles. The second-order valence-electron chi connectivity index (χ2n) is 2.45. The third kappa shape index (κ3) is 8.48. The average molecular weight is 146 g/mol. The molecular formula is C9H15Na. The maximum atomic E-state index is 2.23. The molecule has 0 atom stereocenters. The van der Waals surface area contributed by atoms with Gasteiger partial charge in [0.25, 0.3) is 0 Å². The van der Waals surface area contributed by atoms with Crippen LogP contribution in [0.15, 0.2) is 24.3 Å². The molecule has 1 heteroatoms. The summed E-state index contributed by atoms with van der Waals surface area (Å²) < 4.78 is 1.48. The molecule has 0 bridgehead atoms. The molecule has 0 aromatic carbocycles. The van der Waals surface area contributed by atoms with Crippen molar-refractivity contribution in [3.05, 3.63) is 24.3 Å². The summed E-state index contributed by atoms with van der Waals surface area (Å²) >= 11 is 1.40. The quantitative estimate of drug-likeness (QED) is 0.525. The predicted molar refractivity (Wildman–Crippen MR) is 48.4 cm³/mol. The summed E-state index contributed by atoms with van der Waals surface area (Å²) in [5.74, 6) is 0. The molecule has 0 fully saturated rings. The summed E-state index contributed by atoms with van der Waals surface area (Å²) in [6.45, 7) is 2.23. The molecule has 1 aliphatic rings. The average Bonchev–Trinajstić information content (AvgIpc) is 2.44. The molecular weight excluding hydrogens is 131 g/mol. The van der Waals surface area contributed by atoms with Crippen LogP contribution in [0.3, 0.4) is 0 Å². The van der Waals surface area contributed by atoms with Gasteiger partial charge in [0.2, 0.25) is 0 Å². The fourth-order valence-corrected chi connectivity index (χ4v) is 1.45. The second kappa shape index (κ2) is 9.48. The Kier molecular flexibility index (Phi) is 9.94. The molecule has 0 saturated heterocycles. The van der Waals surface area contributed by atoms with E-state index in [9.17, 15) is 0 Å². The van der Waals surface area contributed by atoms with Crippen molar-refractivity contribution >= 4 is 27.9 Å². The molecule has 0 unspecified atom stereocenters. The first-order chi connectivity index (χ1) is 4.91. The first kappa shape index (κ1) is 10.5. The van der Waals surface area contributed by atoms with E-state index in [1.807, 2.05) is 0 Å². The molecule has 0 heterocycles. The summed E-state index contributed by atoms with van der Waals surface area (Å²) in [5.41, 5.74) is 0. The van der Waals surface area contributed by atoms with Crippen LogP contribution < -0.4 is 0 Å². The Morgan fingerprint density at radius 2 is 1.90 bits per heavy atom. The van der Waals surface area contributed by atoms with Gasteiger partial charge in [-0.1, -0.05) is 24.3 Å². The second-order valence-corrected chi connectivity index (χ2v) is 3.45. The molecule has 0 amide bonds. The summed E-state index contributed by atoms with van der Waals surface area (Å²) in [7, 11) is 0. The third-order valence-electron chi connectivity index (χ3n) is 1.36. The minimum atomic E-state index is 1.14. The van der Waals surface area contributed by atoms with Crippen LogP contribution in [0.25, 0.3) is 0 Å². The van der Waals surface area contributed by atoms with Crippen LogP contribution in [-0.2, 0) is 0 Å². The molecule has 0 nitrogen and oxygen atoms in total. The number of rotatable bonds is 2. The standard InChI is InChI=1S/C5H6.C4H9.Na/c1-2-4-5-3-1;1-3-4-2;/h1-4H,5H2;1,3-4H2,2H3;. The molecule has 0 spiro atoms. The molecule has 0 aromatic heterocycles. The summed E-state index contributed by atoms with van der Waals surface area (Å²) in [4.78, 5) is 0. The Morgan fingerprint density at radius 3 is 2.00 bits per heavy atom. The molecule has 52 valence electrons. The van der Waals surface area contributed by atoms with E-state index in [1.54, 1.807) is 0 Å². The molecule has 0 N–H and O–H groups in total. The fraction of sp³-hybridized carbons (Fsp3) is 0.556. The van der Waals surface area contributed by atoms with Gasteiger partial charge in [0, 0.05) is 0 Å². The van der Waals surface area contributed by atoms with E-state index in [4.69, 9.17) is 0 Å². The Labute approximate surface area is 81.8 Å². The minimum absolute atomic E-state index is 1.14. The fourth-order valence-electron chi connectivity index (χ4n) is 0.746. The number of hydrogen-bond acceptors (Lipinski definition) is 0. The van der Waals surface area contributed by atoms with Crippen LogP contribution in [0.2, 0.25) is 3.67 Å². The van der Waals surface area contributed by atoms with E-state index in [2.05, 4.69) is 31.2 Å². The Hall–Kier alpha value is 0.480. The van der Waals surface area contributed by atoms with Crippen LogP contribution in [0.5, 0.6) is 0 Å². The normalized spacial score (nSPS) is 13.1. The zero-order valence-electron chi connectivity index (χ0n) is 7.14. The van der Waals surface area contributed by atoms with Crippen LogP contribution in [0, 0.1) is 0 Å². The summed E-state index contributed by atoms with van der Waals surface area (Å²) in [6.07, 6.45) is 12.3. The molecule has 0 saturated carbocycles. The predicted octanol–water partition coefficient (Wildman–Crippen LogP) is 2.88. The van der Waals surface area contributed by atoms with Crippen LogP contribution in [-0.4, -0.2) is 27.9 Å². The van der Waals surface area contributed by atoms with E-state index in [0.717, 1.165) is 6.42 Å². The monoisotopic (exact) mass is 146 g/mol. The maximum absolute atomic E-state index is 2.23. The van der Waals surface area contributed by atoms with Crippen molar-refractivity contribution < 1.29 is 0 Å². The van der Waals surface area contributed by atoms with Gasteiger partial charge < -0.3 is 0 Å². The summed E-state index contributed by atoms with van der Waals surface area (Å²) in [6, 6.07) is 0. The zero-order valence-corrected chi connectivity index (χ0v) is 9.14. The van der Waals surface area contributed by atoms with Crippen LogP contribution in [0.4, 0.5) is 0 Å². The number of allylic oxidation sites excluding steroid dienone is 4. The first-order valence-electron chi connectivity index (χ1n) is 4.23. The Balaban J connectivity index is 0.000000162. The van der Waals surface area contributed by atoms with Gasteiger partial charge in [-0.25, -0.2) is 0 Å². The number of hydrogen-bond donors (Lipinski definition) is 0. The van der Waals surface area contributed by atoms with Crippen molar-refractivity contribution in [2.24, 2.45) is 0 Å². The van der Waals surface area contributed by atoms with Gasteiger partial charge >= 0.3 is 51.4 Å². The zero-order chi connectivity index (χ0) is 7.66.